The molecule has 0 aliphatic rings. The molecule has 0 radical (unpaired) electrons. The molecule has 0 aromatic heterocycles. The average Bonchev–Trinajstić information content (AvgIpc) is 2.63. The number of halogens is 2. The number of ether oxygens (including phenoxy) is 1. The summed E-state index contributed by atoms with van der Waals surface area (Å²) in [6.45, 7) is 6.10. The van der Waals surface area contributed by atoms with Crippen LogP contribution in [0.15, 0.2) is 36.4 Å². The molecule has 0 aliphatic heterocycles. The Morgan fingerprint density at radius 3 is 2.24 bits per heavy atom. The molecule has 3 N–H and O–H groups in total. The molecule has 11 heteroatoms. The van der Waals surface area contributed by atoms with Crippen LogP contribution < -0.4 is 10.1 Å². The van der Waals surface area contributed by atoms with E-state index in [4.69, 9.17) is 42.3 Å². The van der Waals surface area contributed by atoms with Crippen LogP contribution in [0.1, 0.15) is 33.6 Å². The fourth-order valence-corrected chi connectivity index (χ4v) is 2.72. The third-order valence-corrected chi connectivity index (χ3v) is 4.81. The molecule has 8 nitrogen and oxygen atoms in total. The third-order valence-electron chi connectivity index (χ3n) is 4.28. The zero-order chi connectivity index (χ0) is 22.2. The fourth-order valence-electron chi connectivity index (χ4n) is 2.27. The monoisotopic (exact) mass is 464 g/mol. The molecule has 0 saturated heterocycles. The van der Waals surface area contributed by atoms with Crippen molar-refractivity contribution in [1.29, 1.82) is 0 Å². The number of benzene rings is 2. The maximum Gasteiger partial charge on any atom is 0.314 e. The van der Waals surface area contributed by atoms with Crippen molar-refractivity contribution in [3.8, 4) is 11.5 Å². The first kappa shape index (κ1) is 25.2. The zero-order valence-electron chi connectivity index (χ0n) is 16.1. The maximum atomic E-state index is 11.3. The molecule has 2 aromatic rings. The van der Waals surface area contributed by atoms with Crippen molar-refractivity contribution in [2.24, 2.45) is 0 Å². The highest BCUT2D eigenvalue weighted by Gasteiger charge is 2.24. The average molecular weight is 465 g/mol. The molecular formula is C18H23Cl2N2O6P. The number of nitrogens with zero attached hydrogens (tertiary/aromatic N) is 1. The van der Waals surface area contributed by atoms with E-state index >= 15 is 0 Å². The first-order valence-electron chi connectivity index (χ1n) is 8.62. The summed E-state index contributed by atoms with van der Waals surface area (Å²) in [6, 6.07) is 9.48. The predicted octanol–water partition coefficient (Wildman–Crippen LogP) is 6.05. The number of hydrogen-bond acceptors (Lipinski definition) is 5. The van der Waals surface area contributed by atoms with Crippen molar-refractivity contribution >= 4 is 42.8 Å². The Morgan fingerprint density at radius 2 is 1.76 bits per heavy atom. The first-order chi connectivity index (χ1) is 13.5. The van der Waals surface area contributed by atoms with Crippen LogP contribution >= 0.6 is 31.5 Å². The van der Waals surface area contributed by atoms with Gasteiger partial charge < -0.3 is 19.8 Å². The van der Waals surface area contributed by atoms with Gasteiger partial charge in [0.2, 0.25) is 0 Å². The van der Waals surface area contributed by atoms with E-state index in [2.05, 4.69) is 5.32 Å². The highest BCUT2D eigenvalue weighted by molar-refractivity contribution is 7.30. The van der Waals surface area contributed by atoms with Crippen LogP contribution in [0.2, 0.25) is 10.0 Å². The lowest BCUT2D eigenvalue weighted by Crippen LogP contribution is -2.33. The Morgan fingerprint density at radius 1 is 1.17 bits per heavy atom. The minimum atomic E-state index is -3.13. The molecule has 0 heterocycles. The molecule has 0 amide bonds. The molecule has 0 unspecified atom stereocenters. The number of nitro benzene ring substituents is 1. The van der Waals surface area contributed by atoms with E-state index in [0.717, 1.165) is 12.8 Å². The molecule has 29 heavy (non-hydrogen) atoms. The second kappa shape index (κ2) is 11.4. The second-order valence-corrected chi connectivity index (χ2v) is 7.70. The van der Waals surface area contributed by atoms with Crippen LogP contribution in [0.25, 0.3) is 0 Å². The molecule has 2 aromatic carbocycles. The van der Waals surface area contributed by atoms with Crippen LogP contribution in [0, 0.1) is 10.1 Å². The maximum absolute atomic E-state index is 11.3. The smallest absolute Gasteiger partial charge is 0.314 e. The molecule has 0 bridgehead atoms. The lowest BCUT2D eigenvalue weighted by atomic mass is 9.95. The normalized spacial score (nSPS) is 10.9. The molecule has 0 spiro atoms. The third kappa shape index (κ3) is 8.20. The summed E-state index contributed by atoms with van der Waals surface area (Å²) in [5.41, 5.74) is 0.169. The van der Waals surface area contributed by atoms with Gasteiger partial charge >= 0.3 is 8.25 Å². The Hall–Kier alpha value is -1.83. The zero-order valence-corrected chi connectivity index (χ0v) is 18.6. The van der Waals surface area contributed by atoms with E-state index in [0.29, 0.717) is 27.2 Å². The summed E-state index contributed by atoms with van der Waals surface area (Å²) in [5, 5.41) is 15.5. The van der Waals surface area contributed by atoms with Gasteiger partial charge in [0.05, 0.1) is 9.95 Å². The first-order valence-corrected chi connectivity index (χ1v) is 10.7. The lowest BCUT2D eigenvalue weighted by molar-refractivity contribution is -0.384. The van der Waals surface area contributed by atoms with E-state index in [-0.39, 0.29) is 11.2 Å². The van der Waals surface area contributed by atoms with Gasteiger partial charge in [-0.3, -0.25) is 14.7 Å². The van der Waals surface area contributed by atoms with Crippen molar-refractivity contribution in [3.63, 3.8) is 0 Å². The van der Waals surface area contributed by atoms with Crippen LogP contribution in [0.3, 0.4) is 0 Å². The minimum absolute atomic E-state index is 0.00248. The Kier molecular flexibility index (Phi) is 9.89. The molecule has 0 atom stereocenters. The molecule has 0 fully saturated rings. The van der Waals surface area contributed by atoms with Gasteiger partial charge in [0.1, 0.15) is 17.2 Å². The van der Waals surface area contributed by atoms with Gasteiger partial charge in [0, 0.05) is 22.7 Å². The SMILES string of the molecule is CCC(C)(CC)Nc1cc(Oc2ccc(Cl)cc2Cl)ccc1[N+](=O)[O-].O=[PH](O)O. The van der Waals surface area contributed by atoms with Gasteiger partial charge in [-0.1, -0.05) is 37.0 Å². The molecule has 0 saturated carbocycles. The van der Waals surface area contributed by atoms with Gasteiger partial charge in [0.25, 0.3) is 5.69 Å². The van der Waals surface area contributed by atoms with E-state index in [1.807, 2.05) is 20.8 Å². The van der Waals surface area contributed by atoms with Crippen LogP contribution in [0.5, 0.6) is 11.5 Å². The van der Waals surface area contributed by atoms with Gasteiger partial charge in [-0.25, -0.2) is 0 Å². The quantitative estimate of drug-likeness (QED) is 0.259. The summed E-state index contributed by atoms with van der Waals surface area (Å²) in [6.07, 6.45) is 1.66. The number of nitro groups is 1. The van der Waals surface area contributed by atoms with Crippen LogP contribution in [-0.4, -0.2) is 20.2 Å². The summed E-state index contributed by atoms with van der Waals surface area (Å²) in [4.78, 5) is 25.2. The molecule has 160 valence electrons. The van der Waals surface area contributed by atoms with E-state index < -0.39 is 13.2 Å². The highest BCUT2D eigenvalue weighted by Crippen LogP contribution is 2.36. The lowest BCUT2D eigenvalue weighted by Gasteiger charge is -2.29. The Labute approximate surface area is 179 Å². The number of nitrogens with one attached hydrogen (secondary N) is 1. The standard InChI is InChI=1S/C18H20Cl2N2O3.H3O3P/c1-4-18(3,5-2)21-15-11-13(7-8-16(15)22(23)24)25-17-9-6-12(19)10-14(17)20;1-4(2)3/h6-11,21H,4-5H2,1-3H3;4H,(H2,1,2,3). The largest absolute Gasteiger partial charge is 0.456 e. The number of hydrogen-bond donors (Lipinski definition) is 3. The Bertz CT molecular complexity index is 873. The topological polar surface area (TPSA) is 122 Å². The van der Waals surface area contributed by atoms with Crippen LogP contribution in [0.4, 0.5) is 11.4 Å². The summed E-state index contributed by atoms with van der Waals surface area (Å²) in [5.74, 6) is 0.881. The van der Waals surface area contributed by atoms with E-state index in [1.165, 1.54) is 6.07 Å². The van der Waals surface area contributed by atoms with E-state index in [9.17, 15) is 10.1 Å². The van der Waals surface area contributed by atoms with Crippen LogP contribution in [-0.2, 0) is 4.57 Å². The molecule has 2 rings (SSSR count). The minimum Gasteiger partial charge on any atom is -0.456 e. The Balaban J connectivity index is 0.000000960. The van der Waals surface area contributed by atoms with Crippen molar-refractivity contribution in [2.45, 2.75) is 39.2 Å². The fraction of sp³-hybridized carbons (Fsp3) is 0.333. The van der Waals surface area contributed by atoms with Crippen molar-refractivity contribution in [2.75, 3.05) is 5.32 Å². The summed E-state index contributed by atoms with van der Waals surface area (Å²) >= 11 is 12.0. The predicted molar refractivity (Wildman–Crippen MR) is 116 cm³/mol. The highest BCUT2D eigenvalue weighted by atomic mass is 35.5. The van der Waals surface area contributed by atoms with Gasteiger partial charge in [0.15, 0.2) is 0 Å². The summed E-state index contributed by atoms with van der Waals surface area (Å²) in [7, 11) is -3.13. The van der Waals surface area contributed by atoms with E-state index in [1.54, 1.807) is 30.3 Å². The molecule has 0 aliphatic carbocycles. The second-order valence-electron chi connectivity index (χ2n) is 6.29. The van der Waals surface area contributed by atoms with Gasteiger partial charge in [-0.05, 0) is 44.0 Å². The van der Waals surface area contributed by atoms with Crippen molar-refractivity contribution in [3.05, 3.63) is 56.6 Å². The number of rotatable bonds is 7. The molecular weight excluding hydrogens is 442 g/mol. The summed E-state index contributed by atoms with van der Waals surface area (Å²) < 4.78 is 14.5. The van der Waals surface area contributed by atoms with Crippen molar-refractivity contribution < 1.29 is 24.0 Å². The van der Waals surface area contributed by atoms with Crippen molar-refractivity contribution in [1.82, 2.24) is 0 Å². The van der Waals surface area contributed by atoms with Gasteiger partial charge in [-0.15, -0.1) is 0 Å². The number of anilines is 1. The van der Waals surface area contributed by atoms with Gasteiger partial charge in [-0.2, -0.15) is 0 Å².